The Kier molecular flexibility index (Phi) is 3.65. The number of nitrogens with zero attached hydrogens (tertiary/aromatic N) is 4. The maximum absolute atomic E-state index is 11.9. The van der Waals surface area contributed by atoms with E-state index in [0.29, 0.717) is 0 Å². The summed E-state index contributed by atoms with van der Waals surface area (Å²) < 4.78 is 1.35. The molecule has 2 amide bonds. The van der Waals surface area contributed by atoms with Crippen LogP contribution in [-0.2, 0) is 7.05 Å². The Balaban J connectivity index is 2.23. The first-order chi connectivity index (χ1) is 9.92. The van der Waals surface area contributed by atoms with Crippen molar-refractivity contribution in [2.24, 2.45) is 7.05 Å². The smallest absolute Gasteiger partial charge is 0.343 e. The molecule has 3 N–H and O–H groups in total. The summed E-state index contributed by atoms with van der Waals surface area (Å²) in [6.45, 7) is 0. The molecule has 0 aliphatic carbocycles. The molecule has 0 saturated carbocycles. The first-order valence-corrected chi connectivity index (χ1v) is 5.69. The van der Waals surface area contributed by atoms with Gasteiger partial charge < -0.3 is 20.7 Å². The zero-order valence-electron chi connectivity index (χ0n) is 11.1. The van der Waals surface area contributed by atoms with Gasteiger partial charge in [0, 0.05) is 20.3 Å². The molecule has 0 spiro atoms. The second-order valence-corrected chi connectivity index (χ2v) is 3.99. The second-order valence-electron chi connectivity index (χ2n) is 3.99. The molecule has 0 fully saturated rings. The van der Waals surface area contributed by atoms with Gasteiger partial charge in [-0.3, -0.25) is 14.3 Å². The highest BCUT2D eigenvalue weighted by molar-refractivity contribution is 6.07. The average molecular weight is 293 g/mol. The highest BCUT2D eigenvalue weighted by atomic mass is 16.6. The molecule has 0 unspecified atom stereocenters. The lowest BCUT2D eigenvalue weighted by Crippen LogP contribution is -2.21. The third kappa shape index (κ3) is 2.86. The van der Waals surface area contributed by atoms with Gasteiger partial charge in [-0.25, -0.2) is 0 Å². The van der Waals surface area contributed by atoms with Crippen molar-refractivity contribution in [1.29, 1.82) is 0 Å². The van der Waals surface area contributed by atoms with Crippen LogP contribution >= 0.6 is 0 Å². The predicted octanol–water partition coefficient (Wildman–Crippen LogP) is -0.337. The highest BCUT2D eigenvalue weighted by Crippen LogP contribution is 2.15. The van der Waals surface area contributed by atoms with Gasteiger partial charge in [0.15, 0.2) is 11.4 Å². The Labute approximate surface area is 117 Å². The van der Waals surface area contributed by atoms with Gasteiger partial charge in [-0.05, 0) is 4.92 Å². The Bertz CT molecular complexity index is 717. The topological polar surface area (TPSA) is 148 Å². The third-order valence-electron chi connectivity index (χ3n) is 2.51. The number of anilines is 1. The van der Waals surface area contributed by atoms with E-state index in [1.54, 1.807) is 7.05 Å². The van der Waals surface area contributed by atoms with E-state index in [1.165, 1.54) is 17.9 Å². The summed E-state index contributed by atoms with van der Waals surface area (Å²) in [4.78, 5) is 33.4. The van der Waals surface area contributed by atoms with Crippen LogP contribution < -0.4 is 10.6 Å². The lowest BCUT2D eigenvalue weighted by Gasteiger charge is -2.01. The molecule has 0 aromatic carbocycles. The van der Waals surface area contributed by atoms with Crippen molar-refractivity contribution in [3.8, 4) is 0 Å². The number of rotatable bonds is 4. The van der Waals surface area contributed by atoms with Gasteiger partial charge in [-0.15, -0.1) is 5.10 Å². The number of nitro groups is 1. The summed E-state index contributed by atoms with van der Waals surface area (Å²) in [5.74, 6) is -1.57. The van der Waals surface area contributed by atoms with Gasteiger partial charge >= 0.3 is 5.82 Å². The van der Waals surface area contributed by atoms with Crippen LogP contribution in [0.15, 0.2) is 12.3 Å². The molecule has 2 heterocycles. The summed E-state index contributed by atoms with van der Waals surface area (Å²) in [5, 5.41) is 24.9. The first-order valence-electron chi connectivity index (χ1n) is 5.69. The van der Waals surface area contributed by atoms with E-state index >= 15 is 0 Å². The van der Waals surface area contributed by atoms with E-state index in [1.807, 2.05) is 0 Å². The fourth-order valence-corrected chi connectivity index (χ4v) is 1.57. The molecule has 2 aromatic heterocycles. The van der Waals surface area contributed by atoms with E-state index < -0.39 is 22.6 Å². The quantitative estimate of drug-likeness (QED) is 0.519. The van der Waals surface area contributed by atoms with E-state index in [0.717, 1.165) is 6.07 Å². The number of nitrogens with one attached hydrogen (secondary N) is 3. The summed E-state index contributed by atoms with van der Waals surface area (Å²) >= 11 is 0. The van der Waals surface area contributed by atoms with Gasteiger partial charge in [0.1, 0.15) is 0 Å². The molecule has 11 nitrogen and oxygen atoms in total. The summed E-state index contributed by atoms with van der Waals surface area (Å²) in [7, 11) is 3.02. The van der Waals surface area contributed by atoms with Crippen LogP contribution in [0.3, 0.4) is 0 Å². The van der Waals surface area contributed by atoms with Crippen molar-refractivity contribution >= 4 is 23.3 Å². The standard InChI is InChI=1S/C10H11N7O4/c1-11-10(19)8-6(4-16(2)15-8)12-9(18)5-3-7(14-13-5)17(20)21/h3-4H,1-2H3,(H,11,19)(H,12,18)(H,13,14). The molecule has 0 aliphatic rings. The normalized spacial score (nSPS) is 10.2. The van der Waals surface area contributed by atoms with Crippen LogP contribution in [-0.4, -0.2) is 43.8 Å². The number of carbonyl (C=O) groups is 2. The Hall–Kier alpha value is -3.24. The number of H-pyrrole nitrogens is 1. The summed E-state index contributed by atoms with van der Waals surface area (Å²) in [6.07, 6.45) is 1.43. The molecular formula is C10H11N7O4. The zero-order valence-corrected chi connectivity index (χ0v) is 11.1. The third-order valence-corrected chi connectivity index (χ3v) is 2.51. The van der Waals surface area contributed by atoms with Crippen LogP contribution in [0.2, 0.25) is 0 Å². The Morgan fingerprint density at radius 3 is 2.71 bits per heavy atom. The maximum atomic E-state index is 11.9. The molecular weight excluding hydrogens is 282 g/mol. The van der Waals surface area contributed by atoms with Gasteiger partial charge in [-0.1, -0.05) is 5.10 Å². The fraction of sp³-hybridized carbons (Fsp3) is 0.200. The molecule has 0 atom stereocenters. The molecule has 11 heteroatoms. The molecule has 0 bridgehead atoms. The molecule has 0 saturated heterocycles. The van der Waals surface area contributed by atoms with E-state index in [2.05, 4.69) is 25.9 Å². The van der Waals surface area contributed by atoms with Crippen molar-refractivity contribution in [2.45, 2.75) is 0 Å². The summed E-state index contributed by atoms with van der Waals surface area (Å²) in [5.41, 5.74) is 0.0271. The number of aryl methyl sites for hydroxylation is 1. The number of hydrogen-bond donors (Lipinski definition) is 3. The van der Waals surface area contributed by atoms with Gasteiger partial charge in [0.2, 0.25) is 0 Å². The molecule has 2 rings (SSSR count). The number of carbonyl (C=O) groups excluding carboxylic acids is 2. The lowest BCUT2D eigenvalue weighted by atomic mass is 10.3. The van der Waals surface area contributed by atoms with Crippen molar-refractivity contribution in [2.75, 3.05) is 12.4 Å². The Morgan fingerprint density at radius 1 is 1.43 bits per heavy atom. The van der Waals surface area contributed by atoms with Crippen molar-refractivity contribution < 1.29 is 14.5 Å². The van der Waals surface area contributed by atoms with Gasteiger partial charge in [0.25, 0.3) is 11.8 Å². The minimum absolute atomic E-state index is 0.0263. The molecule has 110 valence electrons. The van der Waals surface area contributed by atoms with Crippen LogP contribution in [0.25, 0.3) is 0 Å². The molecule has 0 radical (unpaired) electrons. The highest BCUT2D eigenvalue weighted by Gasteiger charge is 2.21. The lowest BCUT2D eigenvalue weighted by molar-refractivity contribution is -0.389. The van der Waals surface area contributed by atoms with E-state index in [9.17, 15) is 19.7 Å². The molecule has 21 heavy (non-hydrogen) atoms. The van der Waals surface area contributed by atoms with Crippen molar-refractivity contribution in [1.82, 2.24) is 25.3 Å². The average Bonchev–Trinajstić information content (AvgIpc) is 3.04. The van der Waals surface area contributed by atoms with Crippen LogP contribution in [0.4, 0.5) is 11.5 Å². The SMILES string of the molecule is CNC(=O)c1nn(C)cc1NC(=O)c1cc([N+](=O)[O-])[nH]n1. The maximum Gasteiger partial charge on any atom is 0.343 e. The van der Waals surface area contributed by atoms with Crippen LogP contribution in [0.1, 0.15) is 21.0 Å². The van der Waals surface area contributed by atoms with Gasteiger partial charge in [0.05, 0.1) is 11.8 Å². The number of amides is 2. The van der Waals surface area contributed by atoms with Crippen molar-refractivity contribution in [3.63, 3.8) is 0 Å². The minimum Gasteiger partial charge on any atom is -0.358 e. The largest absolute Gasteiger partial charge is 0.358 e. The van der Waals surface area contributed by atoms with E-state index in [-0.39, 0.29) is 17.1 Å². The molecule has 0 aliphatic heterocycles. The first kappa shape index (κ1) is 14.2. The van der Waals surface area contributed by atoms with Crippen LogP contribution in [0.5, 0.6) is 0 Å². The molecule has 2 aromatic rings. The number of hydrogen-bond acceptors (Lipinski definition) is 6. The minimum atomic E-state index is -0.705. The van der Waals surface area contributed by atoms with Crippen molar-refractivity contribution in [3.05, 3.63) is 33.8 Å². The zero-order chi connectivity index (χ0) is 15.6. The monoisotopic (exact) mass is 293 g/mol. The van der Waals surface area contributed by atoms with Gasteiger partial charge in [-0.2, -0.15) is 5.10 Å². The Morgan fingerprint density at radius 2 is 2.14 bits per heavy atom. The second kappa shape index (κ2) is 5.40. The number of aromatic nitrogens is 4. The predicted molar refractivity (Wildman–Crippen MR) is 69.8 cm³/mol. The summed E-state index contributed by atoms with van der Waals surface area (Å²) in [6, 6.07) is 0.991. The van der Waals surface area contributed by atoms with E-state index in [4.69, 9.17) is 0 Å². The number of aromatic amines is 1. The van der Waals surface area contributed by atoms with Crippen LogP contribution in [0, 0.1) is 10.1 Å². The fourth-order valence-electron chi connectivity index (χ4n) is 1.57.